The number of carbonyl (C=O) groups is 1. The highest BCUT2D eigenvalue weighted by Gasteiger charge is 2.36. The van der Waals surface area contributed by atoms with Crippen LogP contribution < -0.4 is 4.74 Å². The predicted octanol–water partition coefficient (Wildman–Crippen LogP) is 3.42. The van der Waals surface area contributed by atoms with Crippen molar-refractivity contribution >= 4 is 5.97 Å². The molecule has 1 aliphatic rings. The van der Waals surface area contributed by atoms with E-state index in [2.05, 4.69) is 0 Å². The van der Waals surface area contributed by atoms with Crippen LogP contribution in [0.25, 0.3) is 0 Å². The number of phenols is 5. The molecule has 0 bridgehead atoms. The molecular weight excluding hydrogens is 404 g/mol. The lowest BCUT2D eigenvalue weighted by molar-refractivity contribution is -0.0188. The van der Waals surface area contributed by atoms with E-state index in [9.17, 15) is 30.3 Å². The summed E-state index contributed by atoms with van der Waals surface area (Å²) in [6.07, 6.45) is -1.75. The van der Waals surface area contributed by atoms with E-state index in [1.54, 1.807) is 13.0 Å². The molecule has 8 nitrogen and oxygen atoms in total. The van der Waals surface area contributed by atoms with Gasteiger partial charge in [0.25, 0.3) is 0 Å². The van der Waals surface area contributed by atoms with Crippen LogP contribution in [-0.4, -0.2) is 37.6 Å². The van der Waals surface area contributed by atoms with Crippen LogP contribution in [0.2, 0.25) is 0 Å². The molecule has 160 valence electrons. The summed E-state index contributed by atoms with van der Waals surface area (Å²) in [6, 6.07) is 11.0. The summed E-state index contributed by atoms with van der Waals surface area (Å²) in [5.41, 5.74) is 1.50. The number of rotatable bonds is 3. The molecule has 0 radical (unpaired) electrons. The first-order valence-corrected chi connectivity index (χ1v) is 9.47. The summed E-state index contributed by atoms with van der Waals surface area (Å²) in [5, 5.41) is 49.4. The lowest BCUT2D eigenvalue weighted by Gasteiger charge is -2.34. The summed E-state index contributed by atoms with van der Waals surface area (Å²) in [7, 11) is 0. The molecule has 0 aromatic heterocycles. The molecule has 0 aliphatic carbocycles. The predicted molar refractivity (Wildman–Crippen MR) is 109 cm³/mol. The van der Waals surface area contributed by atoms with Gasteiger partial charge < -0.3 is 35.0 Å². The van der Waals surface area contributed by atoms with Gasteiger partial charge in [0.1, 0.15) is 29.1 Å². The molecule has 1 heterocycles. The Hall–Kier alpha value is -4.07. The fourth-order valence-electron chi connectivity index (χ4n) is 3.49. The molecule has 5 N–H and O–H groups in total. The largest absolute Gasteiger partial charge is 0.508 e. The molecule has 0 saturated carbocycles. The molecule has 4 rings (SSSR count). The average Bonchev–Trinajstić information content (AvgIpc) is 2.72. The molecule has 3 aromatic carbocycles. The van der Waals surface area contributed by atoms with Gasteiger partial charge in [-0.15, -0.1) is 0 Å². The topological polar surface area (TPSA) is 137 Å². The monoisotopic (exact) mass is 424 g/mol. The minimum Gasteiger partial charge on any atom is -0.508 e. The van der Waals surface area contributed by atoms with Crippen LogP contribution in [0.3, 0.4) is 0 Å². The highest BCUT2D eigenvalue weighted by Crippen LogP contribution is 2.44. The minimum atomic E-state index is -0.914. The number of esters is 1. The SMILES string of the molecule is Cc1ccc(C(=O)O[C@H]2Cc3c(O)cc(O)cc3O[C@@H]2c2ccc(O)c(O)c2)cc1O. The molecule has 3 aromatic rings. The molecule has 31 heavy (non-hydrogen) atoms. The first-order valence-electron chi connectivity index (χ1n) is 9.47. The molecule has 0 unspecified atom stereocenters. The van der Waals surface area contributed by atoms with Crippen LogP contribution >= 0.6 is 0 Å². The van der Waals surface area contributed by atoms with Crippen LogP contribution in [0.5, 0.6) is 34.5 Å². The smallest absolute Gasteiger partial charge is 0.338 e. The third kappa shape index (κ3) is 3.87. The molecule has 8 heteroatoms. The van der Waals surface area contributed by atoms with E-state index in [1.807, 2.05) is 0 Å². The van der Waals surface area contributed by atoms with E-state index in [1.165, 1.54) is 36.4 Å². The fraction of sp³-hybridized carbons (Fsp3) is 0.174. The van der Waals surface area contributed by atoms with Crippen molar-refractivity contribution in [3.8, 4) is 34.5 Å². The van der Waals surface area contributed by atoms with Crippen LogP contribution in [0, 0.1) is 6.92 Å². The molecule has 0 spiro atoms. The van der Waals surface area contributed by atoms with E-state index in [0.29, 0.717) is 16.7 Å². The van der Waals surface area contributed by atoms with Gasteiger partial charge in [0.05, 0.1) is 5.56 Å². The zero-order valence-electron chi connectivity index (χ0n) is 16.4. The van der Waals surface area contributed by atoms with Crippen molar-refractivity contribution in [3.05, 3.63) is 70.8 Å². The fourth-order valence-corrected chi connectivity index (χ4v) is 3.49. The summed E-state index contributed by atoms with van der Waals surface area (Å²) in [6.45, 7) is 1.70. The molecule has 0 saturated heterocycles. The Bertz CT molecular complexity index is 1170. The zero-order chi connectivity index (χ0) is 22.3. The second-order valence-electron chi connectivity index (χ2n) is 7.38. The Balaban J connectivity index is 1.71. The maximum absolute atomic E-state index is 12.7. The van der Waals surface area contributed by atoms with Crippen LogP contribution in [0.1, 0.15) is 33.2 Å². The van der Waals surface area contributed by atoms with Crippen molar-refractivity contribution in [3.63, 3.8) is 0 Å². The maximum Gasteiger partial charge on any atom is 0.338 e. The number of ether oxygens (including phenoxy) is 2. The van der Waals surface area contributed by atoms with E-state index >= 15 is 0 Å². The Morgan fingerprint density at radius 3 is 2.39 bits per heavy atom. The summed E-state index contributed by atoms with van der Waals surface area (Å²) >= 11 is 0. The Morgan fingerprint density at radius 1 is 0.903 bits per heavy atom. The Labute approximate surface area is 177 Å². The van der Waals surface area contributed by atoms with Crippen molar-refractivity contribution in [2.75, 3.05) is 0 Å². The number of aromatic hydroxyl groups is 5. The Kier molecular flexibility index (Phi) is 4.98. The third-order valence-electron chi connectivity index (χ3n) is 5.20. The standard InChI is InChI=1S/C23H20O8/c1-11-2-3-13(7-17(11)26)23(29)31-21-10-15-18(27)8-14(24)9-20(15)30-22(21)12-4-5-16(25)19(28)6-12/h2-9,21-22,24-28H,10H2,1H3/t21-,22+/m0/s1. The van der Waals surface area contributed by atoms with Gasteiger partial charge in [0.15, 0.2) is 17.6 Å². The van der Waals surface area contributed by atoms with E-state index in [0.717, 1.165) is 6.07 Å². The minimum absolute atomic E-state index is 0.0483. The quantitative estimate of drug-likeness (QED) is 0.319. The van der Waals surface area contributed by atoms with Crippen molar-refractivity contribution < 1.29 is 39.8 Å². The van der Waals surface area contributed by atoms with E-state index in [-0.39, 0.29) is 46.5 Å². The molecule has 2 atom stereocenters. The number of hydrogen-bond donors (Lipinski definition) is 5. The summed E-state index contributed by atoms with van der Waals surface area (Å²) < 4.78 is 11.6. The first kappa shape index (κ1) is 20.2. The van der Waals surface area contributed by atoms with Gasteiger partial charge in [-0.3, -0.25) is 0 Å². The third-order valence-corrected chi connectivity index (χ3v) is 5.20. The van der Waals surface area contributed by atoms with Crippen molar-refractivity contribution in [1.82, 2.24) is 0 Å². The number of hydrogen-bond acceptors (Lipinski definition) is 8. The lowest BCUT2D eigenvalue weighted by atomic mass is 9.93. The van der Waals surface area contributed by atoms with E-state index in [4.69, 9.17) is 9.47 Å². The second kappa shape index (κ2) is 7.64. The number of benzene rings is 3. The summed E-state index contributed by atoms with van der Waals surface area (Å²) in [4.78, 5) is 12.7. The normalized spacial score (nSPS) is 17.5. The average molecular weight is 424 g/mol. The van der Waals surface area contributed by atoms with Gasteiger partial charge in [-0.2, -0.15) is 0 Å². The molecule has 0 amide bonds. The van der Waals surface area contributed by atoms with Gasteiger partial charge in [-0.25, -0.2) is 4.79 Å². The van der Waals surface area contributed by atoms with Crippen molar-refractivity contribution in [1.29, 1.82) is 0 Å². The van der Waals surface area contributed by atoms with Crippen molar-refractivity contribution in [2.45, 2.75) is 25.6 Å². The van der Waals surface area contributed by atoms with Crippen LogP contribution in [0.15, 0.2) is 48.5 Å². The van der Waals surface area contributed by atoms with Crippen LogP contribution in [0.4, 0.5) is 0 Å². The van der Waals surface area contributed by atoms with Crippen molar-refractivity contribution in [2.24, 2.45) is 0 Å². The summed E-state index contributed by atoms with van der Waals surface area (Å²) in [5.74, 6) is -1.66. The van der Waals surface area contributed by atoms with Gasteiger partial charge in [0, 0.05) is 29.7 Å². The second-order valence-corrected chi connectivity index (χ2v) is 7.38. The molecule has 0 fully saturated rings. The van der Waals surface area contributed by atoms with Crippen LogP contribution in [-0.2, 0) is 11.2 Å². The van der Waals surface area contributed by atoms with Gasteiger partial charge in [0.2, 0.25) is 0 Å². The number of carbonyl (C=O) groups excluding carboxylic acids is 1. The first-order chi connectivity index (χ1) is 14.7. The number of phenolic OH excluding ortho intramolecular Hbond substituents is 5. The number of aryl methyl sites for hydroxylation is 1. The number of fused-ring (bicyclic) bond motifs is 1. The molecule has 1 aliphatic heterocycles. The van der Waals surface area contributed by atoms with Gasteiger partial charge >= 0.3 is 5.97 Å². The highest BCUT2D eigenvalue weighted by atomic mass is 16.6. The molecular formula is C23H20O8. The Morgan fingerprint density at radius 2 is 1.68 bits per heavy atom. The highest BCUT2D eigenvalue weighted by molar-refractivity contribution is 5.90. The lowest BCUT2D eigenvalue weighted by Crippen LogP contribution is -2.34. The van der Waals surface area contributed by atoms with E-state index < -0.39 is 18.2 Å². The van der Waals surface area contributed by atoms with Gasteiger partial charge in [-0.1, -0.05) is 12.1 Å². The van der Waals surface area contributed by atoms with Gasteiger partial charge in [-0.05, 0) is 36.8 Å². The zero-order valence-corrected chi connectivity index (χ0v) is 16.4. The maximum atomic E-state index is 12.7.